The van der Waals surface area contributed by atoms with E-state index in [0.717, 1.165) is 0 Å². The highest BCUT2D eigenvalue weighted by Crippen LogP contribution is 2.47. The molecule has 0 bridgehead atoms. The summed E-state index contributed by atoms with van der Waals surface area (Å²) in [6.07, 6.45) is 0.925. The Balaban J connectivity index is 3.13. The van der Waals surface area contributed by atoms with Crippen molar-refractivity contribution in [3.05, 3.63) is 48.3 Å². The first-order valence-corrected chi connectivity index (χ1v) is 6.85. The molecule has 1 heterocycles. The van der Waals surface area contributed by atoms with Gasteiger partial charge in [0.2, 0.25) is 6.43 Å². The molecule has 0 aromatic heterocycles. The van der Waals surface area contributed by atoms with E-state index in [-0.39, 0.29) is 25.2 Å². The number of alkyl halides is 2. The molecule has 0 aromatic carbocycles. The molecule has 1 fully saturated rings. The molecule has 0 spiro atoms. The summed E-state index contributed by atoms with van der Waals surface area (Å²) in [4.78, 5) is 0. The molecule has 0 amide bonds. The first kappa shape index (κ1) is 17.9. The van der Waals surface area contributed by atoms with Crippen LogP contribution < -0.4 is 22.5 Å². The van der Waals surface area contributed by atoms with Crippen molar-refractivity contribution in [3.8, 4) is 0 Å². The van der Waals surface area contributed by atoms with Crippen molar-refractivity contribution in [2.75, 3.05) is 13.7 Å². The number of methoxy groups -OCH3 is 1. The van der Waals surface area contributed by atoms with Crippen LogP contribution in [0.25, 0.3) is 0 Å². The first-order chi connectivity index (χ1) is 10.2. The summed E-state index contributed by atoms with van der Waals surface area (Å²) in [5.41, 5.74) is 16.8. The topological polar surface area (TPSA) is 99.3 Å². The summed E-state index contributed by atoms with van der Waals surface area (Å²) < 4.78 is 31.5. The van der Waals surface area contributed by atoms with Gasteiger partial charge in [-0.05, 0) is 18.6 Å². The molecule has 7 heteroatoms. The van der Waals surface area contributed by atoms with E-state index in [1.54, 1.807) is 6.08 Å². The van der Waals surface area contributed by atoms with Crippen LogP contribution >= 0.6 is 0 Å². The molecule has 0 aromatic rings. The summed E-state index contributed by atoms with van der Waals surface area (Å²) in [6, 6.07) is 0. The molecule has 22 heavy (non-hydrogen) atoms. The van der Waals surface area contributed by atoms with Gasteiger partial charge in [-0.15, -0.1) is 0 Å². The lowest BCUT2D eigenvalue weighted by Gasteiger charge is -2.43. The van der Waals surface area contributed by atoms with Crippen LogP contribution in [0.2, 0.25) is 0 Å². The van der Waals surface area contributed by atoms with Crippen molar-refractivity contribution in [2.24, 2.45) is 28.5 Å². The van der Waals surface area contributed by atoms with Gasteiger partial charge < -0.3 is 27.3 Å². The van der Waals surface area contributed by atoms with Gasteiger partial charge in [-0.3, -0.25) is 0 Å². The first-order valence-electron chi connectivity index (χ1n) is 6.85. The summed E-state index contributed by atoms with van der Waals surface area (Å²) >= 11 is 0. The molecule has 2 atom stereocenters. The molecule has 1 saturated heterocycles. The zero-order chi connectivity index (χ0) is 16.9. The van der Waals surface area contributed by atoms with Crippen LogP contribution in [0.4, 0.5) is 8.78 Å². The highest BCUT2D eigenvalue weighted by Gasteiger charge is 2.45. The lowest BCUT2D eigenvalue weighted by Crippen LogP contribution is -2.46. The Morgan fingerprint density at radius 1 is 1.45 bits per heavy atom. The minimum absolute atomic E-state index is 0.105. The number of piperidine rings is 1. The second-order valence-corrected chi connectivity index (χ2v) is 5.45. The maximum Gasteiger partial charge on any atom is 0.243 e. The van der Waals surface area contributed by atoms with Crippen LogP contribution in [-0.4, -0.2) is 20.1 Å². The van der Waals surface area contributed by atoms with Crippen LogP contribution in [0.5, 0.6) is 0 Å². The Labute approximate surface area is 129 Å². The fraction of sp³-hybridized carbons (Fsp3) is 0.467. The van der Waals surface area contributed by atoms with Gasteiger partial charge in [-0.1, -0.05) is 13.2 Å². The highest BCUT2D eigenvalue weighted by molar-refractivity contribution is 5.28. The second-order valence-electron chi connectivity index (χ2n) is 5.45. The molecule has 5 nitrogen and oxygen atoms in total. The predicted molar refractivity (Wildman–Crippen MR) is 83.2 cm³/mol. The van der Waals surface area contributed by atoms with Gasteiger partial charge in [-0.25, -0.2) is 8.78 Å². The fourth-order valence-electron chi connectivity index (χ4n) is 2.61. The third-order valence-electron chi connectivity index (χ3n) is 3.90. The van der Waals surface area contributed by atoms with E-state index in [2.05, 4.69) is 18.5 Å². The van der Waals surface area contributed by atoms with Gasteiger partial charge in [0.25, 0.3) is 0 Å². The average molecular weight is 314 g/mol. The third-order valence-corrected chi connectivity index (χ3v) is 3.90. The molecule has 0 saturated carbocycles. The van der Waals surface area contributed by atoms with E-state index >= 15 is 0 Å². The minimum atomic E-state index is -2.45. The third kappa shape index (κ3) is 3.93. The summed E-state index contributed by atoms with van der Waals surface area (Å²) in [6.45, 7) is 7.94. The van der Waals surface area contributed by atoms with Gasteiger partial charge in [0, 0.05) is 30.3 Å². The molecular weight excluding hydrogens is 290 g/mol. The molecule has 1 aliphatic rings. The molecule has 1 aliphatic heterocycles. The maximum atomic E-state index is 13.1. The Hall–Kier alpha value is -2.18. The maximum absolute atomic E-state index is 13.1. The molecular formula is C15H24F2N4O. The summed E-state index contributed by atoms with van der Waals surface area (Å²) in [7, 11) is 1.45. The summed E-state index contributed by atoms with van der Waals surface area (Å²) in [5, 5.41) is 2.93. The number of allylic oxidation sites excluding steroid dienone is 3. The molecule has 0 radical (unpaired) electrons. The van der Waals surface area contributed by atoms with Crippen molar-refractivity contribution < 1.29 is 13.5 Å². The molecule has 7 N–H and O–H groups in total. The lowest BCUT2D eigenvalue weighted by atomic mass is 9.69. The number of hydrogen-bond acceptors (Lipinski definition) is 5. The highest BCUT2D eigenvalue weighted by atomic mass is 19.3. The zero-order valence-corrected chi connectivity index (χ0v) is 12.7. The van der Waals surface area contributed by atoms with Gasteiger partial charge in [0.05, 0.1) is 18.3 Å². The van der Waals surface area contributed by atoms with Crippen molar-refractivity contribution in [1.29, 1.82) is 0 Å². The van der Waals surface area contributed by atoms with Crippen molar-refractivity contribution in [1.82, 2.24) is 5.32 Å². The standard InChI is InChI=1S/C15H24F2N4O/c1-9-15(10(2)22-3,6-11(8-21-9)14(16)17)7-12(18)4-5-13(19)20/h4-5,11,14,21H,1-2,6-8,18-20H2,3H3/b12-4-. The molecule has 124 valence electrons. The van der Waals surface area contributed by atoms with Crippen LogP contribution in [0.1, 0.15) is 12.8 Å². The predicted octanol–water partition coefficient (Wildman–Crippen LogP) is 1.51. The van der Waals surface area contributed by atoms with Crippen LogP contribution in [0.3, 0.4) is 0 Å². The Morgan fingerprint density at radius 3 is 2.59 bits per heavy atom. The number of nitrogens with two attached hydrogens (primary N) is 3. The SMILES string of the molecule is C=C1NCC(C(F)F)CC1(C/C(N)=C/C=C(N)N)C(=C)OC. The van der Waals surface area contributed by atoms with E-state index in [1.165, 1.54) is 13.2 Å². The quantitative estimate of drug-likeness (QED) is 0.440. The Morgan fingerprint density at radius 2 is 2.09 bits per heavy atom. The number of ether oxygens (including phenoxy) is 1. The van der Waals surface area contributed by atoms with E-state index in [4.69, 9.17) is 21.9 Å². The average Bonchev–Trinajstić information content (AvgIpc) is 2.46. The van der Waals surface area contributed by atoms with Gasteiger partial charge in [-0.2, -0.15) is 0 Å². The second kappa shape index (κ2) is 7.20. The zero-order valence-electron chi connectivity index (χ0n) is 12.7. The van der Waals surface area contributed by atoms with Crippen LogP contribution in [0, 0.1) is 11.3 Å². The van der Waals surface area contributed by atoms with Crippen LogP contribution in [-0.2, 0) is 4.74 Å². The van der Waals surface area contributed by atoms with E-state index < -0.39 is 17.8 Å². The monoisotopic (exact) mass is 314 g/mol. The van der Waals surface area contributed by atoms with Crippen molar-refractivity contribution in [2.45, 2.75) is 19.3 Å². The normalized spacial score (nSPS) is 25.5. The summed E-state index contributed by atoms with van der Waals surface area (Å²) in [5.74, 6) is -0.384. The largest absolute Gasteiger partial charge is 0.501 e. The Bertz CT molecular complexity index is 488. The van der Waals surface area contributed by atoms with Gasteiger partial charge in [0.15, 0.2) is 0 Å². The Kier molecular flexibility index (Phi) is 5.84. The number of rotatable bonds is 6. The smallest absolute Gasteiger partial charge is 0.243 e. The number of nitrogens with one attached hydrogen (secondary N) is 1. The van der Waals surface area contributed by atoms with Crippen LogP contribution in [0.15, 0.2) is 48.3 Å². The number of halogens is 2. The van der Waals surface area contributed by atoms with E-state index in [1.807, 2.05) is 0 Å². The molecule has 1 rings (SSSR count). The van der Waals surface area contributed by atoms with E-state index in [9.17, 15) is 8.78 Å². The van der Waals surface area contributed by atoms with E-state index in [0.29, 0.717) is 17.2 Å². The van der Waals surface area contributed by atoms with Crippen molar-refractivity contribution >= 4 is 0 Å². The molecule has 2 unspecified atom stereocenters. The van der Waals surface area contributed by atoms with Gasteiger partial charge >= 0.3 is 0 Å². The number of hydrogen-bond donors (Lipinski definition) is 4. The van der Waals surface area contributed by atoms with Gasteiger partial charge in [0.1, 0.15) is 5.76 Å². The van der Waals surface area contributed by atoms with Crippen molar-refractivity contribution in [3.63, 3.8) is 0 Å². The fourth-order valence-corrected chi connectivity index (χ4v) is 2.61. The lowest BCUT2D eigenvalue weighted by molar-refractivity contribution is 0.0310. The minimum Gasteiger partial charge on any atom is -0.501 e. The molecule has 0 aliphatic carbocycles.